The molecule has 0 bridgehead atoms. The van der Waals surface area contributed by atoms with Crippen molar-refractivity contribution >= 4 is 29.2 Å². The van der Waals surface area contributed by atoms with Gasteiger partial charge in [0.1, 0.15) is 0 Å². The maximum absolute atomic E-state index is 13.5. The quantitative estimate of drug-likeness (QED) is 0.777. The third kappa shape index (κ3) is 5.13. The molecule has 0 heterocycles. The van der Waals surface area contributed by atoms with Gasteiger partial charge in [0.2, 0.25) is 5.91 Å². The second kappa shape index (κ2) is 7.58. The fourth-order valence-corrected chi connectivity index (χ4v) is 1.44. The van der Waals surface area contributed by atoms with Crippen LogP contribution in [0.1, 0.15) is 13.3 Å². The monoisotopic (exact) mass is 287 g/mol. The highest BCUT2D eigenvalue weighted by Gasteiger charge is 2.09. The van der Waals surface area contributed by atoms with E-state index in [1.54, 1.807) is 6.07 Å². The molecule has 3 amide bonds. The van der Waals surface area contributed by atoms with E-state index >= 15 is 0 Å². The van der Waals surface area contributed by atoms with Gasteiger partial charge in [-0.3, -0.25) is 10.1 Å². The molecule has 0 saturated heterocycles. The Labute approximate surface area is 115 Å². The molecule has 3 N–H and O–H groups in total. The van der Waals surface area contributed by atoms with Crippen LogP contribution < -0.4 is 16.0 Å². The number of hydrogen-bond acceptors (Lipinski definition) is 3. The van der Waals surface area contributed by atoms with Gasteiger partial charge in [0.05, 0.1) is 17.3 Å². The van der Waals surface area contributed by atoms with Gasteiger partial charge in [0, 0.05) is 6.54 Å². The smallest absolute Gasteiger partial charge is 0.321 e. The molecule has 1 aromatic carbocycles. The normalized spacial score (nSPS) is 9.84. The van der Waals surface area contributed by atoms with E-state index in [1.165, 1.54) is 12.1 Å². The number of nitrogens with one attached hydrogen (secondary N) is 3. The van der Waals surface area contributed by atoms with E-state index in [-0.39, 0.29) is 17.3 Å². The summed E-state index contributed by atoms with van der Waals surface area (Å²) in [5, 5.41) is 7.13. The van der Waals surface area contributed by atoms with Crippen LogP contribution in [0.5, 0.6) is 0 Å². The summed E-state index contributed by atoms with van der Waals surface area (Å²) in [4.78, 5) is 22.6. The minimum Gasteiger partial charge on any atom is -0.374 e. The third-order valence-corrected chi connectivity index (χ3v) is 2.47. The molecule has 104 valence electrons. The number of halogens is 2. The van der Waals surface area contributed by atoms with E-state index < -0.39 is 17.8 Å². The van der Waals surface area contributed by atoms with Gasteiger partial charge in [-0.05, 0) is 18.6 Å². The van der Waals surface area contributed by atoms with Gasteiger partial charge in [-0.25, -0.2) is 9.18 Å². The number of anilines is 1. The number of benzene rings is 1. The first-order valence-corrected chi connectivity index (χ1v) is 6.18. The van der Waals surface area contributed by atoms with Gasteiger partial charge in [-0.1, -0.05) is 24.6 Å². The number of carbonyl (C=O) groups is 2. The van der Waals surface area contributed by atoms with Crippen LogP contribution >= 0.6 is 11.6 Å². The van der Waals surface area contributed by atoms with Gasteiger partial charge in [0.15, 0.2) is 5.82 Å². The van der Waals surface area contributed by atoms with Crippen molar-refractivity contribution in [1.82, 2.24) is 10.6 Å². The van der Waals surface area contributed by atoms with E-state index in [0.717, 1.165) is 6.42 Å². The molecule has 0 unspecified atom stereocenters. The highest BCUT2D eigenvalue weighted by Crippen LogP contribution is 2.21. The van der Waals surface area contributed by atoms with E-state index in [2.05, 4.69) is 16.0 Å². The van der Waals surface area contributed by atoms with Crippen LogP contribution in [-0.2, 0) is 4.79 Å². The lowest BCUT2D eigenvalue weighted by molar-refractivity contribution is -0.118. The summed E-state index contributed by atoms with van der Waals surface area (Å²) in [7, 11) is 0. The summed E-state index contributed by atoms with van der Waals surface area (Å²) in [5.74, 6) is -1.19. The molecule has 0 radical (unpaired) electrons. The topological polar surface area (TPSA) is 70.2 Å². The number of amides is 3. The first-order chi connectivity index (χ1) is 9.04. The predicted octanol–water partition coefficient (Wildman–Crippen LogP) is 2.13. The molecule has 0 aliphatic rings. The first-order valence-electron chi connectivity index (χ1n) is 5.80. The molecule has 0 atom stereocenters. The lowest BCUT2D eigenvalue weighted by Crippen LogP contribution is -2.42. The van der Waals surface area contributed by atoms with Crippen molar-refractivity contribution in [2.24, 2.45) is 0 Å². The average molecular weight is 288 g/mol. The molecular weight excluding hydrogens is 273 g/mol. The Bertz CT molecular complexity index is 468. The van der Waals surface area contributed by atoms with Gasteiger partial charge in [-0.15, -0.1) is 0 Å². The fraction of sp³-hybridized carbons (Fsp3) is 0.333. The van der Waals surface area contributed by atoms with Gasteiger partial charge >= 0.3 is 6.03 Å². The Morgan fingerprint density at radius 2 is 2.11 bits per heavy atom. The van der Waals surface area contributed by atoms with Crippen LogP contribution in [-0.4, -0.2) is 25.0 Å². The van der Waals surface area contributed by atoms with Crippen molar-refractivity contribution in [3.63, 3.8) is 0 Å². The number of rotatable bonds is 5. The molecule has 0 aromatic heterocycles. The molecule has 0 saturated carbocycles. The van der Waals surface area contributed by atoms with Crippen molar-refractivity contribution in [2.45, 2.75) is 13.3 Å². The van der Waals surface area contributed by atoms with Gasteiger partial charge < -0.3 is 10.6 Å². The van der Waals surface area contributed by atoms with Crippen LogP contribution in [0.15, 0.2) is 18.2 Å². The lowest BCUT2D eigenvalue weighted by atomic mass is 10.3. The standard InChI is InChI=1S/C12H15ClFN3O2/c1-2-6-15-12(19)17-10(18)7-16-9-5-3-4-8(13)11(9)14/h3-5,16H,2,6-7H2,1H3,(H2,15,17,18,19). The number of carbonyl (C=O) groups excluding carboxylic acids is 2. The Morgan fingerprint density at radius 3 is 2.79 bits per heavy atom. The Morgan fingerprint density at radius 1 is 1.37 bits per heavy atom. The maximum Gasteiger partial charge on any atom is 0.321 e. The zero-order valence-electron chi connectivity index (χ0n) is 10.4. The van der Waals surface area contributed by atoms with Crippen LogP contribution in [0.25, 0.3) is 0 Å². The fourth-order valence-electron chi connectivity index (χ4n) is 1.27. The molecule has 1 rings (SSSR count). The van der Waals surface area contributed by atoms with Crippen LogP contribution in [0.3, 0.4) is 0 Å². The first kappa shape index (κ1) is 15.2. The second-order valence-corrected chi connectivity index (χ2v) is 4.17. The van der Waals surface area contributed by atoms with Crippen molar-refractivity contribution in [3.8, 4) is 0 Å². The average Bonchev–Trinajstić information content (AvgIpc) is 2.38. The minimum absolute atomic E-state index is 0.0360. The van der Waals surface area contributed by atoms with E-state index in [4.69, 9.17) is 11.6 Å². The molecule has 0 aliphatic heterocycles. The Balaban J connectivity index is 2.42. The molecule has 0 spiro atoms. The van der Waals surface area contributed by atoms with Crippen molar-refractivity contribution < 1.29 is 14.0 Å². The van der Waals surface area contributed by atoms with Crippen LogP contribution in [0.2, 0.25) is 5.02 Å². The highest BCUT2D eigenvalue weighted by atomic mass is 35.5. The Hall–Kier alpha value is -1.82. The molecule has 1 aromatic rings. The summed E-state index contributed by atoms with van der Waals surface area (Å²) < 4.78 is 13.5. The van der Waals surface area contributed by atoms with Crippen molar-refractivity contribution in [3.05, 3.63) is 29.0 Å². The summed E-state index contributed by atoms with van der Waals surface area (Å²) in [5.41, 5.74) is 0.108. The van der Waals surface area contributed by atoms with E-state index in [1.807, 2.05) is 6.92 Å². The Kier molecular flexibility index (Phi) is 6.08. The number of imide groups is 1. The largest absolute Gasteiger partial charge is 0.374 e. The highest BCUT2D eigenvalue weighted by molar-refractivity contribution is 6.31. The minimum atomic E-state index is -0.632. The number of hydrogen-bond donors (Lipinski definition) is 3. The predicted molar refractivity (Wildman–Crippen MR) is 71.7 cm³/mol. The summed E-state index contributed by atoms with van der Waals surface area (Å²) in [6.45, 7) is 2.15. The van der Waals surface area contributed by atoms with E-state index in [9.17, 15) is 14.0 Å². The zero-order valence-corrected chi connectivity index (χ0v) is 11.2. The number of urea groups is 1. The molecule has 0 fully saturated rings. The molecule has 7 heteroatoms. The summed E-state index contributed by atoms with van der Waals surface area (Å²) in [6, 6.07) is 3.84. The summed E-state index contributed by atoms with van der Waals surface area (Å²) >= 11 is 5.59. The molecular formula is C12H15ClFN3O2. The van der Waals surface area contributed by atoms with Crippen LogP contribution in [0.4, 0.5) is 14.9 Å². The van der Waals surface area contributed by atoms with E-state index in [0.29, 0.717) is 6.54 Å². The van der Waals surface area contributed by atoms with Crippen molar-refractivity contribution in [1.29, 1.82) is 0 Å². The lowest BCUT2D eigenvalue weighted by Gasteiger charge is -2.09. The SMILES string of the molecule is CCCNC(=O)NC(=O)CNc1cccc(Cl)c1F. The molecule has 19 heavy (non-hydrogen) atoms. The third-order valence-electron chi connectivity index (χ3n) is 2.18. The maximum atomic E-state index is 13.5. The van der Waals surface area contributed by atoms with Crippen LogP contribution in [0, 0.1) is 5.82 Å². The summed E-state index contributed by atoms with van der Waals surface area (Å²) in [6.07, 6.45) is 0.771. The molecule has 0 aliphatic carbocycles. The van der Waals surface area contributed by atoms with Crippen molar-refractivity contribution in [2.75, 3.05) is 18.4 Å². The molecule has 5 nitrogen and oxygen atoms in total. The zero-order chi connectivity index (χ0) is 14.3. The second-order valence-electron chi connectivity index (χ2n) is 3.76. The van der Waals surface area contributed by atoms with Gasteiger partial charge in [-0.2, -0.15) is 0 Å². The van der Waals surface area contributed by atoms with Gasteiger partial charge in [0.25, 0.3) is 0 Å².